The molecule has 0 aliphatic carbocycles. The van der Waals surface area contributed by atoms with Crippen molar-refractivity contribution in [3.05, 3.63) is 34.9 Å². The average molecular weight is 212 g/mol. The van der Waals surface area contributed by atoms with Crippen LogP contribution < -0.4 is 5.32 Å². The van der Waals surface area contributed by atoms with E-state index in [4.69, 9.17) is 11.6 Å². The summed E-state index contributed by atoms with van der Waals surface area (Å²) in [6.45, 7) is 1.59. The van der Waals surface area contributed by atoms with E-state index in [9.17, 15) is 4.79 Å². The van der Waals surface area contributed by atoms with Gasteiger partial charge in [0.15, 0.2) is 0 Å². The van der Waals surface area contributed by atoms with Crippen LogP contribution in [0.1, 0.15) is 12.5 Å². The summed E-state index contributed by atoms with van der Waals surface area (Å²) in [6.07, 6.45) is 0.711. The van der Waals surface area contributed by atoms with Crippen molar-refractivity contribution in [1.82, 2.24) is 5.32 Å². The van der Waals surface area contributed by atoms with Crippen LogP contribution in [0.4, 0.5) is 0 Å². The van der Waals surface area contributed by atoms with Crippen LogP contribution in [0.2, 0.25) is 5.02 Å². The minimum absolute atomic E-state index is 0.101. The zero-order valence-electron chi connectivity index (χ0n) is 8.38. The Morgan fingerprint density at radius 1 is 1.43 bits per heavy atom. The minimum Gasteiger partial charge on any atom is -0.310 e. The van der Waals surface area contributed by atoms with Gasteiger partial charge in [-0.25, -0.2) is 0 Å². The maximum atomic E-state index is 11.2. The van der Waals surface area contributed by atoms with Crippen molar-refractivity contribution < 1.29 is 4.79 Å². The number of hydrogen-bond acceptors (Lipinski definition) is 2. The molecule has 0 radical (unpaired) electrons. The molecule has 1 unspecified atom stereocenters. The van der Waals surface area contributed by atoms with Gasteiger partial charge < -0.3 is 5.32 Å². The maximum absolute atomic E-state index is 11.2. The van der Waals surface area contributed by atoms with Crippen molar-refractivity contribution in [2.75, 3.05) is 7.05 Å². The van der Waals surface area contributed by atoms with E-state index in [1.807, 2.05) is 24.3 Å². The first-order valence-electron chi connectivity index (χ1n) is 4.55. The first-order chi connectivity index (χ1) is 6.63. The highest BCUT2D eigenvalue weighted by atomic mass is 35.5. The molecule has 1 aromatic rings. The van der Waals surface area contributed by atoms with E-state index in [1.54, 1.807) is 14.0 Å². The Labute approximate surface area is 89.3 Å². The third-order valence-corrected chi connectivity index (χ3v) is 2.44. The van der Waals surface area contributed by atoms with Crippen LogP contribution in [0.5, 0.6) is 0 Å². The summed E-state index contributed by atoms with van der Waals surface area (Å²) in [5.74, 6) is 0.155. The summed E-state index contributed by atoms with van der Waals surface area (Å²) < 4.78 is 0. The summed E-state index contributed by atoms with van der Waals surface area (Å²) in [7, 11) is 1.79. The number of carbonyl (C=O) groups excluding carboxylic acids is 1. The van der Waals surface area contributed by atoms with Crippen molar-refractivity contribution in [2.24, 2.45) is 0 Å². The molecule has 0 bridgehead atoms. The number of benzene rings is 1. The summed E-state index contributed by atoms with van der Waals surface area (Å²) in [5, 5.41) is 3.70. The fourth-order valence-corrected chi connectivity index (χ4v) is 1.43. The van der Waals surface area contributed by atoms with Crippen molar-refractivity contribution in [3.63, 3.8) is 0 Å². The quantitative estimate of drug-likeness (QED) is 0.826. The Bertz CT molecular complexity index is 308. The van der Waals surface area contributed by atoms with Crippen molar-refractivity contribution in [3.8, 4) is 0 Å². The number of nitrogens with one attached hydrogen (secondary N) is 1. The monoisotopic (exact) mass is 211 g/mol. The number of rotatable bonds is 4. The molecule has 1 rings (SSSR count). The standard InChI is InChI=1S/C11H14ClNO/c1-8(14)11(13-2)7-9-3-5-10(12)6-4-9/h3-6,11,13H,7H2,1-2H3. The largest absolute Gasteiger partial charge is 0.310 e. The second-order valence-electron chi connectivity index (χ2n) is 3.28. The molecule has 1 N–H and O–H groups in total. The molecule has 0 saturated carbocycles. The van der Waals surface area contributed by atoms with Crippen LogP contribution in [0, 0.1) is 0 Å². The smallest absolute Gasteiger partial charge is 0.147 e. The lowest BCUT2D eigenvalue weighted by Crippen LogP contribution is -2.34. The number of halogens is 1. The molecule has 0 heterocycles. The summed E-state index contributed by atoms with van der Waals surface area (Å²) in [4.78, 5) is 11.2. The van der Waals surface area contributed by atoms with E-state index in [-0.39, 0.29) is 11.8 Å². The molecule has 0 aromatic heterocycles. The van der Waals surface area contributed by atoms with E-state index in [2.05, 4.69) is 5.32 Å². The zero-order chi connectivity index (χ0) is 10.6. The second-order valence-corrected chi connectivity index (χ2v) is 3.72. The Hall–Kier alpha value is -0.860. The van der Waals surface area contributed by atoms with Crippen LogP contribution in [-0.4, -0.2) is 18.9 Å². The first kappa shape index (κ1) is 11.2. The highest BCUT2D eigenvalue weighted by Gasteiger charge is 2.11. The number of ketones is 1. The van der Waals surface area contributed by atoms with Crippen LogP contribution >= 0.6 is 11.6 Å². The number of Topliss-reactive ketones (excluding diaryl/α,β-unsaturated/α-hetero) is 1. The van der Waals surface area contributed by atoms with Gasteiger partial charge in [-0.2, -0.15) is 0 Å². The fraction of sp³-hybridized carbons (Fsp3) is 0.364. The SMILES string of the molecule is CNC(Cc1ccc(Cl)cc1)C(C)=O. The van der Waals surface area contributed by atoms with Gasteiger partial charge in [-0.15, -0.1) is 0 Å². The predicted octanol–water partition coefficient (Wildman–Crippen LogP) is 2.06. The molecule has 1 aromatic carbocycles. The van der Waals surface area contributed by atoms with E-state index in [1.165, 1.54) is 0 Å². The van der Waals surface area contributed by atoms with Gasteiger partial charge >= 0.3 is 0 Å². The molecule has 2 nitrogen and oxygen atoms in total. The first-order valence-corrected chi connectivity index (χ1v) is 4.93. The van der Waals surface area contributed by atoms with Gasteiger partial charge in [0, 0.05) is 5.02 Å². The Morgan fingerprint density at radius 3 is 2.43 bits per heavy atom. The number of carbonyl (C=O) groups is 1. The van der Waals surface area contributed by atoms with E-state index < -0.39 is 0 Å². The molecule has 0 fully saturated rings. The predicted molar refractivity (Wildman–Crippen MR) is 58.7 cm³/mol. The summed E-state index contributed by atoms with van der Waals surface area (Å²) in [6, 6.07) is 7.45. The van der Waals surface area contributed by atoms with Crippen LogP contribution in [0.25, 0.3) is 0 Å². The average Bonchev–Trinajstić information content (AvgIpc) is 2.16. The normalized spacial score (nSPS) is 12.5. The molecule has 1 atom stereocenters. The summed E-state index contributed by atoms with van der Waals surface area (Å²) in [5.41, 5.74) is 1.11. The molecule has 14 heavy (non-hydrogen) atoms. The van der Waals surface area contributed by atoms with Gasteiger partial charge in [0.05, 0.1) is 6.04 Å². The second kappa shape index (κ2) is 5.13. The van der Waals surface area contributed by atoms with Gasteiger partial charge in [0.1, 0.15) is 5.78 Å². The zero-order valence-corrected chi connectivity index (χ0v) is 9.14. The highest BCUT2D eigenvalue weighted by molar-refractivity contribution is 6.30. The van der Waals surface area contributed by atoms with Crippen molar-refractivity contribution >= 4 is 17.4 Å². The van der Waals surface area contributed by atoms with Crippen molar-refractivity contribution in [1.29, 1.82) is 0 Å². The molecule has 3 heteroatoms. The molecule has 76 valence electrons. The molecular weight excluding hydrogens is 198 g/mol. The Balaban J connectivity index is 2.67. The molecule has 0 aliphatic heterocycles. The third-order valence-electron chi connectivity index (χ3n) is 2.19. The van der Waals surface area contributed by atoms with Gasteiger partial charge in [-0.05, 0) is 38.1 Å². The lowest BCUT2D eigenvalue weighted by atomic mass is 10.0. The molecule has 0 saturated heterocycles. The maximum Gasteiger partial charge on any atom is 0.147 e. The fourth-order valence-electron chi connectivity index (χ4n) is 1.31. The van der Waals surface area contributed by atoms with Crippen LogP contribution in [0.15, 0.2) is 24.3 Å². The highest BCUT2D eigenvalue weighted by Crippen LogP contribution is 2.11. The van der Waals surface area contributed by atoms with Gasteiger partial charge in [0.25, 0.3) is 0 Å². The lowest BCUT2D eigenvalue weighted by Gasteiger charge is -2.12. The molecule has 0 amide bonds. The van der Waals surface area contributed by atoms with E-state index in [0.29, 0.717) is 6.42 Å². The van der Waals surface area contributed by atoms with Gasteiger partial charge in [0.2, 0.25) is 0 Å². The van der Waals surface area contributed by atoms with E-state index in [0.717, 1.165) is 10.6 Å². The topological polar surface area (TPSA) is 29.1 Å². The molecular formula is C11H14ClNO. The van der Waals surface area contributed by atoms with E-state index >= 15 is 0 Å². The van der Waals surface area contributed by atoms with Crippen LogP contribution in [-0.2, 0) is 11.2 Å². The van der Waals surface area contributed by atoms with Crippen LogP contribution in [0.3, 0.4) is 0 Å². The Kier molecular flexibility index (Phi) is 4.11. The van der Waals surface area contributed by atoms with Gasteiger partial charge in [-0.1, -0.05) is 23.7 Å². The third kappa shape index (κ3) is 3.13. The number of likely N-dealkylation sites (N-methyl/N-ethyl adjacent to an activating group) is 1. The number of hydrogen-bond donors (Lipinski definition) is 1. The minimum atomic E-state index is -0.101. The molecule has 0 aliphatic rings. The van der Waals surface area contributed by atoms with Crippen molar-refractivity contribution in [2.45, 2.75) is 19.4 Å². The lowest BCUT2D eigenvalue weighted by molar-refractivity contribution is -0.118. The Morgan fingerprint density at radius 2 is 2.00 bits per heavy atom. The summed E-state index contributed by atoms with van der Waals surface area (Å²) >= 11 is 5.76. The van der Waals surface area contributed by atoms with Gasteiger partial charge in [-0.3, -0.25) is 4.79 Å². The molecule has 0 spiro atoms.